The van der Waals surface area contributed by atoms with E-state index in [4.69, 9.17) is 0 Å². The van der Waals surface area contributed by atoms with Crippen LogP contribution < -0.4 is 0 Å². The van der Waals surface area contributed by atoms with Crippen LogP contribution in [0, 0.1) is 52.8 Å². The number of rotatable bonds is 23. The van der Waals surface area contributed by atoms with E-state index in [2.05, 4.69) is 83.1 Å². The standard InChI is InChI=1S/C36H74/c1-13-16-25-34(14-2)31(9)27-36(12,35(15-3)26-21-23-29(6)7)33(11)32(10)30(8)24-20-18-17-19-22-28(4)5/h28-35H,13-27H2,1-12H3. The molecule has 0 fully saturated rings. The summed E-state index contributed by atoms with van der Waals surface area (Å²) in [7, 11) is 0. The lowest BCUT2D eigenvalue weighted by molar-refractivity contribution is 0.00561. The first-order chi connectivity index (χ1) is 16.9. The Bertz CT molecular complexity index is 490. The van der Waals surface area contributed by atoms with Gasteiger partial charge in [-0.1, -0.05) is 167 Å². The average molecular weight is 507 g/mol. The van der Waals surface area contributed by atoms with Crippen molar-refractivity contribution in [1.82, 2.24) is 0 Å². The fourth-order valence-electron chi connectivity index (χ4n) is 7.44. The Morgan fingerprint density at radius 3 is 1.58 bits per heavy atom. The number of hydrogen-bond acceptors (Lipinski definition) is 0. The van der Waals surface area contributed by atoms with Crippen LogP contribution in [0.15, 0.2) is 0 Å². The van der Waals surface area contributed by atoms with Gasteiger partial charge >= 0.3 is 0 Å². The van der Waals surface area contributed by atoms with E-state index in [0.717, 1.165) is 47.3 Å². The summed E-state index contributed by atoms with van der Waals surface area (Å²) >= 11 is 0. The highest BCUT2D eigenvalue weighted by Gasteiger charge is 2.42. The first-order valence-electron chi connectivity index (χ1n) is 16.9. The summed E-state index contributed by atoms with van der Waals surface area (Å²) in [6, 6.07) is 0. The van der Waals surface area contributed by atoms with Crippen LogP contribution in [-0.2, 0) is 0 Å². The molecule has 0 amide bonds. The molecule has 0 saturated carbocycles. The van der Waals surface area contributed by atoms with Gasteiger partial charge in [-0.3, -0.25) is 0 Å². The molecule has 0 bridgehead atoms. The molecule has 0 spiro atoms. The Hall–Kier alpha value is 0. The van der Waals surface area contributed by atoms with Gasteiger partial charge in [-0.15, -0.1) is 0 Å². The van der Waals surface area contributed by atoms with E-state index in [1.54, 1.807) is 0 Å². The molecule has 0 aromatic rings. The summed E-state index contributed by atoms with van der Waals surface area (Å²) in [6.45, 7) is 30.0. The minimum Gasteiger partial charge on any atom is -0.0654 e. The first kappa shape index (κ1) is 36.0. The van der Waals surface area contributed by atoms with E-state index in [9.17, 15) is 0 Å². The second-order valence-electron chi connectivity index (χ2n) is 14.4. The van der Waals surface area contributed by atoms with Crippen molar-refractivity contribution in [1.29, 1.82) is 0 Å². The normalized spacial score (nSPS) is 19.2. The maximum Gasteiger partial charge on any atom is -0.0267 e. The van der Waals surface area contributed by atoms with E-state index in [1.807, 2.05) is 0 Å². The van der Waals surface area contributed by atoms with E-state index in [-0.39, 0.29) is 0 Å². The van der Waals surface area contributed by atoms with Gasteiger partial charge in [0.2, 0.25) is 0 Å². The first-order valence-corrected chi connectivity index (χ1v) is 16.9. The van der Waals surface area contributed by atoms with Gasteiger partial charge in [-0.2, -0.15) is 0 Å². The van der Waals surface area contributed by atoms with Gasteiger partial charge in [0.1, 0.15) is 0 Å². The van der Waals surface area contributed by atoms with Crippen molar-refractivity contribution in [3.63, 3.8) is 0 Å². The monoisotopic (exact) mass is 507 g/mol. The van der Waals surface area contributed by atoms with Crippen LogP contribution >= 0.6 is 0 Å². The molecular weight excluding hydrogens is 432 g/mol. The Balaban J connectivity index is 5.45. The SMILES string of the molecule is CCCCC(CC)C(C)CC(C)(C(CC)CCCC(C)C)C(C)C(C)C(C)CCCCCCC(C)C. The van der Waals surface area contributed by atoms with Gasteiger partial charge < -0.3 is 0 Å². The molecule has 7 atom stereocenters. The van der Waals surface area contributed by atoms with Crippen molar-refractivity contribution in [3.8, 4) is 0 Å². The molecule has 0 nitrogen and oxygen atoms in total. The summed E-state index contributed by atoms with van der Waals surface area (Å²) in [6.07, 6.45) is 21.2. The van der Waals surface area contributed by atoms with Crippen LogP contribution in [0.4, 0.5) is 0 Å². The smallest absolute Gasteiger partial charge is 0.0267 e. The lowest BCUT2D eigenvalue weighted by atomic mass is 9.56. The highest BCUT2D eigenvalue weighted by molar-refractivity contribution is 4.92. The number of hydrogen-bond donors (Lipinski definition) is 0. The second kappa shape index (κ2) is 20.0. The van der Waals surface area contributed by atoms with Gasteiger partial charge in [0.25, 0.3) is 0 Å². The predicted octanol–water partition coefficient (Wildman–Crippen LogP) is 13.0. The highest BCUT2D eigenvalue weighted by atomic mass is 14.5. The zero-order valence-electron chi connectivity index (χ0n) is 27.7. The van der Waals surface area contributed by atoms with Gasteiger partial charge in [0, 0.05) is 0 Å². The van der Waals surface area contributed by atoms with Crippen LogP contribution in [-0.4, -0.2) is 0 Å². The zero-order valence-corrected chi connectivity index (χ0v) is 27.7. The predicted molar refractivity (Wildman–Crippen MR) is 168 cm³/mol. The molecule has 0 saturated heterocycles. The summed E-state index contributed by atoms with van der Waals surface area (Å²) in [4.78, 5) is 0. The summed E-state index contributed by atoms with van der Waals surface area (Å²) < 4.78 is 0. The molecule has 218 valence electrons. The molecule has 0 aromatic carbocycles. The van der Waals surface area contributed by atoms with Crippen molar-refractivity contribution < 1.29 is 0 Å². The van der Waals surface area contributed by atoms with E-state index in [0.29, 0.717) is 5.41 Å². The van der Waals surface area contributed by atoms with Crippen molar-refractivity contribution >= 4 is 0 Å². The topological polar surface area (TPSA) is 0 Å². The van der Waals surface area contributed by atoms with E-state index < -0.39 is 0 Å². The lowest BCUT2D eigenvalue weighted by Crippen LogP contribution is -2.41. The molecule has 0 aliphatic heterocycles. The van der Waals surface area contributed by atoms with Crippen LogP contribution in [0.2, 0.25) is 0 Å². The molecule has 0 aromatic heterocycles. The minimum atomic E-state index is 0.454. The van der Waals surface area contributed by atoms with Crippen molar-refractivity contribution in [3.05, 3.63) is 0 Å². The minimum absolute atomic E-state index is 0.454. The maximum absolute atomic E-state index is 2.74. The van der Waals surface area contributed by atoms with Gasteiger partial charge in [-0.05, 0) is 65.6 Å². The quantitative estimate of drug-likeness (QED) is 0.121. The van der Waals surface area contributed by atoms with Gasteiger partial charge in [0.15, 0.2) is 0 Å². The lowest BCUT2D eigenvalue weighted by Gasteiger charge is -2.49. The molecule has 0 heteroatoms. The summed E-state index contributed by atoms with van der Waals surface area (Å²) in [5.74, 6) is 6.77. The van der Waals surface area contributed by atoms with Crippen LogP contribution in [0.25, 0.3) is 0 Å². The van der Waals surface area contributed by atoms with Crippen LogP contribution in [0.3, 0.4) is 0 Å². The van der Waals surface area contributed by atoms with Crippen LogP contribution in [0.5, 0.6) is 0 Å². The molecule has 36 heavy (non-hydrogen) atoms. The second-order valence-corrected chi connectivity index (χ2v) is 14.4. The molecule has 0 aliphatic carbocycles. The molecule has 0 aliphatic rings. The Morgan fingerprint density at radius 2 is 1.08 bits per heavy atom. The summed E-state index contributed by atoms with van der Waals surface area (Å²) in [5.41, 5.74) is 0.454. The molecular formula is C36H74. The Kier molecular flexibility index (Phi) is 20.0. The maximum atomic E-state index is 2.74. The third-order valence-corrected chi connectivity index (χ3v) is 10.7. The molecule has 0 heterocycles. The average Bonchev–Trinajstić information content (AvgIpc) is 2.82. The molecule has 7 unspecified atom stereocenters. The third kappa shape index (κ3) is 13.7. The van der Waals surface area contributed by atoms with Crippen molar-refractivity contribution in [2.75, 3.05) is 0 Å². The summed E-state index contributed by atoms with van der Waals surface area (Å²) in [5, 5.41) is 0. The molecule has 0 N–H and O–H groups in total. The molecule has 0 radical (unpaired) electrons. The van der Waals surface area contributed by atoms with Crippen molar-refractivity contribution in [2.24, 2.45) is 52.8 Å². The Morgan fingerprint density at radius 1 is 0.528 bits per heavy atom. The van der Waals surface area contributed by atoms with E-state index in [1.165, 1.54) is 96.3 Å². The largest absolute Gasteiger partial charge is 0.0654 e. The van der Waals surface area contributed by atoms with Crippen LogP contribution in [0.1, 0.15) is 179 Å². The van der Waals surface area contributed by atoms with E-state index >= 15 is 0 Å². The molecule has 0 rings (SSSR count). The van der Waals surface area contributed by atoms with Gasteiger partial charge in [-0.25, -0.2) is 0 Å². The highest BCUT2D eigenvalue weighted by Crippen LogP contribution is 2.51. The number of unbranched alkanes of at least 4 members (excludes halogenated alkanes) is 4. The fraction of sp³-hybridized carbons (Fsp3) is 1.00. The zero-order chi connectivity index (χ0) is 27.7. The van der Waals surface area contributed by atoms with Gasteiger partial charge in [0.05, 0.1) is 0 Å². The fourth-order valence-corrected chi connectivity index (χ4v) is 7.44. The third-order valence-electron chi connectivity index (χ3n) is 10.7. The van der Waals surface area contributed by atoms with Crippen molar-refractivity contribution in [2.45, 2.75) is 179 Å². The Labute approximate surface area is 232 Å².